The molecule has 1 saturated carbocycles. The maximum Gasteiger partial charge on any atom is 0.0449 e. The number of hydrogen-bond acceptors (Lipinski definition) is 1. The van der Waals surface area contributed by atoms with E-state index in [2.05, 4.69) is 28.9 Å². The van der Waals surface area contributed by atoms with Crippen molar-refractivity contribution in [1.82, 2.24) is 0 Å². The molecule has 0 aliphatic heterocycles. The van der Waals surface area contributed by atoms with Gasteiger partial charge in [0.1, 0.15) is 0 Å². The lowest BCUT2D eigenvalue weighted by molar-refractivity contribution is 0.669. The quantitative estimate of drug-likeness (QED) is 0.878. The fourth-order valence-corrected chi connectivity index (χ4v) is 2.48. The van der Waals surface area contributed by atoms with E-state index in [-0.39, 0.29) is 5.54 Å². The summed E-state index contributed by atoms with van der Waals surface area (Å²) in [5, 5.41) is 0.818. The van der Waals surface area contributed by atoms with Gasteiger partial charge in [0.25, 0.3) is 0 Å². The lowest BCUT2D eigenvalue weighted by Gasteiger charge is -2.12. The third kappa shape index (κ3) is 2.13. The van der Waals surface area contributed by atoms with Crippen LogP contribution >= 0.6 is 27.5 Å². The molecule has 1 fully saturated rings. The molecule has 14 heavy (non-hydrogen) atoms. The predicted octanol–water partition coefficient (Wildman–Crippen LogP) is 3.44. The highest BCUT2D eigenvalue weighted by atomic mass is 79.9. The van der Waals surface area contributed by atoms with Crippen LogP contribution in [0.2, 0.25) is 5.02 Å². The van der Waals surface area contributed by atoms with Crippen molar-refractivity contribution < 1.29 is 0 Å². The van der Waals surface area contributed by atoms with Gasteiger partial charge in [0.15, 0.2) is 0 Å². The molecule has 0 bridgehead atoms. The number of nitrogens with two attached hydrogens (primary N) is 1. The summed E-state index contributed by atoms with van der Waals surface area (Å²) in [6.45, 7) is 2.05. The Morgan fingerprint density at radius 2 is 2.14 bits per heavy atom. The van der Waals surface area contributed by atoms with Crippen molar-refractivity contribution in [3.05, 3.63) is 32.8 Å². The third-order valence-electron chi connectivity index (χ3n) is 2.85. The summed E-state index contributed by atoms with van der Waals surface area (Å²) in [5.41, 5.74) is 8.57. The Hall–Kier alpha value is -0.0500. The molecule has 2 N–H and O–H groups in total. The van der Waals surface area contributed by atoms with Crippen LogP contribution in [0, 0.1) is 6.92 Å². The molecule has 0 atom stereocenters. The van der Waals surface area contributed by atoms with Crippen LogP contribution in [0.5, 0.6) is 0 Å². The first-order chi connectivity index (χ1) is 6.50. The molecule has 0 aromatic heterocycles. The van der Waals surface area contributed by atoms with E-state index in [9.17, 15) is 0 Å². The maximum atomic E-state index is 6.10. The Kier molecular flexibility index (Phi) is 2.63. The molecule has 1 aromatic carbocycles. The van der Waals surface area contributed by atoms with Gasteiger partial charge in [0, 0.05) is 15.0 Å². The highest BCUT2D eigenvalue weighted by molar-refractivity contribution is 9.10. The summed E-state index contributed by atoms with van der Waals surface area (Å²) < 4.78 is 1.03. The fraction of sp³-hybridized carbons (Fsp3) is 0.455. The largest absolute Gasteiger partial charge is 0.325 e. The summed E-state index contributed by atoms with van der Waals surface area (Å²) in [6, 6.07) is 4.05. The number of benzene rings is 1. The summed E-state index contributed by atoms with van der Waals surface area (Å²) in [4.78, 5) is 0. The summed E-state index contributed by atoms with van der Waals surface area (Å²) >= 11 is 9.55. The van der Waals surface area contributed by atoms with Gasteiger partial charge in [-0.15, -0.1) is 0 Å². The molecule has 1 nitrogen and oxygen atoms in total. The smallest absolute Gasteiger partial charge is 0.0449 e. The van der Waals surface area contributed by atoms with Gasteiger partial charge in [-0.05, 0) is 49.4 Å². The lowest BCUT2D eigenvalue weighted by atomic mass is 10.0. The van der Waals surface area contributed by atoms with E-state index in [0.717, 1.165) is 34.3 Å². The first-order valence-corrected chi connectivity index (χ1v) is 5.91. The molecule has 0 amide bonds. The first kappa shape index (κ1) is 10.5. The summed E-state index contributed by atoms with van der Waals surface area (Å²) in [7, 11) is 0. The Labute approximate surface area is 97.8 Å². The van der Waals surface area contributed by atoms with Gasteiger partial charge in [-0.25, -0.2) is 0 Å². The molecule has 0 heterocycles. The molecule has 3 heteroatoms. The Morgan fingerprint density at radius 1 is 1.50 bits per heavy atom. The van der Waals surface area contributed by atoms with Gasteiger partial charge in [0.2, 0.25) is 0 Å². The third-order valence-corrected chi connectivity index (χ3v) is 3.70. The van der Waals surface area contributed by atoms with E-state index in [1.165, 1.54) is 5.56 Å². The first-order valence-electron chi connectivity index (χ1n) is 4.74. The average molecular weight is 275 g/mol. The molecule has 1 aromatic rings. The highest BCUT2D eigenvalue weighted by Gasteiger charge is 2.38. The van der Waals surface area contributed by atoms with Crippen LogP contribution in [0.4, 0.5) is 0 Å². The van der Waals surface area contributed by atoms with Crippen LogP contribution in [-0.4, -0.2) is 5.54 Å². The Balaban J connectivity index is 2.32. The SMILES string of the molecule is Cc1c(Cl)cc(Br)cc1CC1(N)CC1. The molecule has 1 aliphatic carbocycles. The second-order valence-electron chi connectivity index (χ2n) is 4.21. The number of hydrogen-bond donors (Lipinski definition) is 1. The van der Waals surface area contributed by atoms with Gasteiger partial charge in [-0.2, -0.15) is 0 Å². The van der Waals surface area contributed by atoms with Crippen LogP contribution in [-0.2, 0) is 6.42 Å². The molecule has 0 spiro atoms. The monoisotopic (exact) mass is 273 g/mol. The van der Waals surface area contributed by atoms with Gasteiger partial charge in [0.05, 0.1) is 0 Å². The van der Waals surface area contributed by atoms with Crippen LogP contribution in [0.15, 0.2) is 16.6 Å². The number of rotatable bonds is 2. The van der Waals surface area contributed by atoms with E-state index in [0.29, 0.717) is 0 Å². The van der Waals surface area contributed by atoms with Crippen molar-refractivity contribution in [2.75, 3.05) is 0 Å². The van der Waals surface area contributed by atoms with Crippen molar-refractivity contribution in [2.24, 2.45) is 5.73 Å². The molecule has 2 rings (SSSR count). The van der Waals surface area contributed by atoms with E-state index in [1.54, 1.807) is 0 Å². The van der Waals surface area contributed by atoms with Crippen LogP contribution in [0.25, 0.3) is 0 Å². The van der Waals surface area contributed by atoms with Crippen molar-refractivity contribution >= 4 is 27.5 Å². The molecule has 0 unspecified atom stereocenters. The van der Waals surface area contributed by atoms with Gasteiger partial charge < -0.3 is 5.73 Å². The van der Waals surface area contributed by atoms with E-state index in [4.69, 9.17) is 17.3 Å². The second kappa shape index (κ2) is 3.51. The zero-order chi connectivity index (χ0) is 10.3. The molecule has 0 saturated heterocycles. The maximum absolute atomic E-state index is 6.10. The minimum atomic E-state index is 0.0505. The predicted molar refractivity (Wildman–Crippen MR) is 63.7 cm³/mol. The van der Waals surface area contributed by atoms with Crippen molar-refractivity contribution in [3.8, 4) is 0 Å². The second-order valence-corrected chi connectivity index (χ2v) is 5.53. The Morgan fingerprint density at radius 3 is 2.71 bits per heavy atom. The van der Waals surface area contributed by atoms with Crippen LogP contribution < -0.4 is 5.73 Å². The van der Waals surface area contributed by atoms with E-state index in [1.807, 2.05) is 6.07 Å². The standard InChI is InChI=1S/C11H13BrClN/c1-7-8(6-11(14)2-3-11)4-9(12)5-10(7)13/h4-5H,2-3,6,14H2,1H3. The normalized spacial score (nSPS) is 18.3. The van der Waals surface area contributed by atoms with Crippen LogP contribution in [0.1, 0.15) is 24.0 Å². The van der Waals surface area contributed by atoms with Crippen molar-refractivity contribution in [1.29, 1.82) is 0 Å². The van der Waals surface area contributed by atoms with E-state index < -0.39 is 0 Å². The Bertz CT molecular complexity index is 372. The van der Waals surface area contributed by atoms with Crippen molar-refractivity contribution in [3.63, 3.8) is 0 Å². The van der Waals surface area contributed by atoms with Gasteiger partial charge in [-0.3, -0.25) is 0 Å². The summed E-state index contributed by atoms with van der Waals surface area (Å²) in [6.07, 6.45) is 3.21. The minimum absolute atomic E-state index is 0.0505. The fourth-order valence-electron chi connectivity index (χ4n) is 1.60. The van der Waals surface area contributed by atoms with Crippen LogP contribution in [0.3, 0.4) is 0 Å². The average Bonchev–Trinajstić information content (AvgIpc) is 2.79. The molecule has 76 valence electrons. The van der Waals surface area contributed by atoms with Gasteiger partial charge >= 0.3 is 0 Å². The van der Waals surface area contributed by atoms with Gasteiger partial charge in [-0.1, -0.05) is 27.5 Å². The van der Waals surface area contributed by atoms with Crippen molar-refractivity contribution in [2.45, 2.75) is 31.7 Å². The molecule has 1 aliphatic rings. The minimum Gasteiger partial charge on any atom is -0.325 e. The highest BCUT2D eigenvalue weighted by Crippen LogP contribution is 2.37. The number of halogens is 2. The summed E-state index contributed by atoms with van der Waals surface area (Å²) in [5.74, 6) is 0. The topological polar surface area (TPSA) is 26.0 Å². The van der Waals surface area contributed by atoms with E-state index >= 15 is 0 Å². The zero-order valence-corrected chi connectivity index (χ0v) is 10.5. The molecular weight excluding hydrogens is 261 g/mol. The lowest BCUT2D eigenvalue weighted by Crippen LogP contribution is -2.24. The molecule has 0 radical (unpaired) electrons. The molecular formula is C11H13BrClN. The zero-order valence-electron chi connectivity index (χ0n) is 8.11.